The average molecular weight is 386 g/mol. The van der Waals surface area contributed by atoms with Crippen molar-refractivity contribution in [2.75, 3.05) is 26.1 Å². The van der Waals surface area contributed by atoms with Crippen LogP contribution in [-0.2, 0) is 14.3 Å². The molecular weight excluding hydrogens is 368 g/mol. The quantitative estimate of drug-likeness (QED) is 0.321. The topological polar surface area (TPSA) is 117 Å². The van der Waals surface area contributed by atoms with Crippen molar-refractivity contribution >= 4 is 29.3 Å². The highest BCUT2D eigenvalue weighted by atomic mass is 16.6. The first kappa shape index (κ1) is 20.4. The number of hydrogen-bond acceptors (Lipinski definition) is 7. The maximum absolute atomic E-state index is 11.9. The molecule has 146 valence electrons. The third-order valence-electron chi connectivity index (χ3n) is 3.51. The van der Waals surface area contributed by atoms with Crippen LogP contribution in [0.2, 0.25) is 0 Å². The standard InChI is InChI=1S/C19H18N2O7/c1-26-16-8-7-14(11-17(16)27-2)20-18(22)12-28-19(23)9-6-13-4-3-5-15(10-13)21(24)25/h3-11H,12H2,1-2H3,(H,20,22)/b9-6+. The number of benzene rings is 2. The molecule has 0 aliphatic rings. The Hall–Kier alpha value is -3.88. The van der Waals surface area contributed by atoms with Gasteiger partial charge in [-0.05, 0) is 23.8 Å². The Morgan fingerprint density at radius 1 is 1.11 bits per heavy atom. The lowest BCUT2D eigenvalue weighted by Gasteiger charge is -2.10. The molecule has 28 heavy (non-hydrogen) atoms. The number of nitro benzene ring substituents is 1. The van der Waals surface area contributed by atoms with Gasteiger partial charge < -0.3 is 19.5 Å². The monoisotopic (exact) mass is 386 g/mol. The molecule has 0 radical (unpaired) electrons. The van der Waals surface area contributed by atoms with E-state index in [2.05, 4.69) is 5.32 Å². The molecule has 9 heteroatoms. The number of ether oxygens (including phenoxy) is 3. The maximum Gasteiger partial charge on any atom is 0.331 e. The van der Waals surface area contributed by atoms with E-state index >= 15 is 0 Å². The zero-order chi connectivity index (χ0) is 20.5. The summed E-state index contributed by atoms with van der Waals surface area (Å²) in [5.74, 6) is -0.339. The molecule has 0 unspecified atom stereocenters. The molecule has 1 N–H and O–H groups in total. The molecule has 0 atom stereocenters. The molecule has 0 aromatic heterocycles. The Morgan fingerprint density at radius 3 is 2.54 bits per heavy atom. The van der Waals surface area contributed by atoms with Gasteiger partial charge in [-0.15, -0.1) is 0 Å². The number of carbonyl (C=O) groups is 2. The third-order valence-corrected chi connectivity index (χ3v) is 3.51. The number of carbonyl (C=O) groups excluding carboxylic acids is 2. The Morgan fingerprint density at radius 2 is 1.86 bits per heavy atom. The van der Waals surface area contributed by atoms with Gasteiger partial charge in [0.25, 0.3) is 11.6 Å². The van der Waals surface area contributed by atoms with Gasteiger partial charge in [0.2, 0.25) is 0 Å². The van der Waals surface area contributed by atoms with Crippen molar-refractivity contribution in [2.24, 2.45) is 0 Å². The van der Waals surface area contributed by atoms with Crippen molar-refractivity contribution < 1.29 is 28.7 Å². The zero-order valence-corrected chi connectivity index (χ0v) is 15.2. The first-order chi connectivity index (χ1) is 13.4. The van der Waals surface area contributed by atoms with Gasteiger partial charge in [0.1, 0.15) is 0 Å². The molecule has 0 fully saturated rings. The van der Waals surface area contributed by atoms with E-state index in [4.69, 9.17) is 14.2 Å². The van der Waals surface area contributed by atoms with Crippen molar-refractivity contribution in [3.63, 3.8) is 0 Å². The fraction of sp³-hybridized carbons (Fsp3) is 0.158. The van der Waals surface area contributed by atoms with Crippen LogP contribution in [0.4, 0.5) is 11.4 Å². The number of hydrogen-bond donors (Lipinski definition) is 1. The van der Waals surface area contributed by atoms with Crippen LogP contribution in [0.5, 0.6) is 11.5 Å². The number of anilines is 1. The maximum atomic E-state index is 11.9. The van der Waals surface area contributed by atoms with Gasteiger partial charge in [-0.2, -0.15) is 0 Å². The van der Waals surface area contributed by atoms with E-state index in [-0.39, 0.29) is 5.69 Å². The highest BCUT2D eigenvalue weighted by molar-refractivity contribution is 5.94. The second kappa shape index (κ2) is 9.72. The zero-order valence-electron chi connectivity index (χ0n) is 15.2. The number of nitrogens with one attached hydrogen (secondary N) is 1. The number of esters is 1. The fourth-order valence-electron chi connectivity index (χ4n) is 2.20. The van der Waals surface area contributed by atoms with Crippen molar-refractivity contribution in [1.82, 2.24) is 0 Å². The average Bonchev–Trinajstić information content (AvgIpc) is 2.70. The summed E-state index contributed by atoms with van der Waals surface area (Å²) in [6.07, 6.45) is 2.45. The van der Waals surface area contributed by atoms with Gasteiger partial charge in [0, 0.05) is 30.0 Å². The smallest absolute Gasteiger partial charge is 0.331 e. The predicted molar refractivity (Wildman–Crippen MR) is 101 cm³/mol. The summed E-state index contributed by atoms with van der Waals surface area (Å²) < 4.78 is 15.1. The summed E-state index contributed by atoms with van der Waals surface area (Å²) >= 11 is 0. The van der Waals surface area contributed by atoms with Crippen LogP contribution in [0.1, 0.15) is 5.56 Å². The SMILES string of the molecule is COc1ccc(NC(=O)COC(=O)/C=C/c2cccc([N+](=O)[O-])c2)cc1OC. The number of nitro groups is 1. The molecule has 0 saturated carbocycles. The van der Waals surface area contributed by atoms with Crippen LogP contribution in [0, 0.1) is 10.1 Å². The lowest BCUT2D eigenvalue weighted by Crippen LogP contribution is -2.20. The summed E-state index contributed by atoms with van der Waals surface area (Å²) in [7, 11) is 2.97. The van der Waals surface area contributed by atoms with Crippen molar-refractivity contribution in [3.8, 4) is 11.5 Å². The Balaban J connectivity index is 1.88. The molecule has 0 heterocycles. The highest BCUT2D eigenvalue weighted by Crippen LogP contribution is 2.29. The number of rotatable bonds is 8. The number of non-ortho nitro benzene ring substituents is 1. The van der Waals surface area contributed by atoms with Crippen LogP contribution in [-0.4, -0.2) is 37.6 Å². The largest absolute Gasteiger partial charge is 0.493 e. The number of methoxy groups -OCH3 is 2. The van der Waals surface area contributed by atoms with E-state index in [9.17, 15) is 19.7 Å². The molecule has 0 saturated heterocycles. The van der Waals surface area contributed by atoms with Gasteiger partial charge in [-0.3, -0.25) is 14.9 Å². The summed E-state index contributed by atoms with van der Waals surface area (Å²) in [6, 6.07) is 10.6. The van der Waals surface area contributed by atoms with Gasteiger partial charge in [0.05, 0.1) is 19.1 Å². The lowest BCUT2D eigenvalue weighted by atomic mass is 10.2. The van der Waals surface area contributed by atoms with Crippen LogP contribution >= 0.6 is 0 Å². The minimum absolute atomic E-state index is 0.0928. The van der Waals surface area contributed by atoms with Gasteiger partial charge in [-0.1, -0.05) is 12.1 Å². The molecule has 1 amide bonds. The molecule has 0 spiro atoms. The predicted octanol–water partition coefficient (Wildman–Crippen LogP) is 2.81. The molecule has 0 aliphatic heterocycles. The second-order valence-corrected chi connectivity index (χ2v) is 5.41. The van der Waals surface area contributed by atoms with E-state index < -0.39 is 23.4 Å². The fourth-order valence-corrected chi connectivity index (χ4v) is 2.20. The molecule has 2 aromatic carbocycles. The first-order valence-corrected chi connectivity index (χ1v) is 8.04. The molecule has 2 rings (SSSR count). The van der Waals surface area contributed by atoms with Crippen LogP contribution in [0.3, 0.4) is 0 Å². The lowest BCUT2D eigenvalue weighted by molar-refractivity contribution is -0.384. The Labute approximate surface area is 160 Å². The summed E-state index contributed by atoms with van der Waals surface area (Å²) in [5.41, 5.74) is 0.816. The minimum Gasteiger partial charge on any atom is -0.493 e. The minimum atomic E-state index is -0.756. The summed E-state index contributed by atoms with van der Waals surface area (Å²) in [6.45, 7) is -0.494. The van der Waals surface area contributed by atoms with Gasteiger partial charge in [0.15, 0.2) is 18.1 Å². The molecule has 9 nitrogen and oxygen atoms in total. The Bertz CT molecular complexity index is 909. The van der Waals surface area contributed by atoms with Crippen LogP contribution in [0.15, 0.2) is 48.5 Å². The molecule has 0 aliphatic carbocycles. The van der Waals surface area contributed by atoms with Crippen LogP contribution < -0.4 is 14.8 Å². The van der Waals surface area contributed by atoms with Gasteiger partial charge >= 0.3 is 5.97 Å². The van der Waals surface area contributed by atoms with E-state index in [0.29, 0.717) is 22.7 Å². The number of amides is 1. The van der Waals surface area contributed by atoms with Gasteiger partial charge in [-0.25, -0.2) is 4.79 Å². The molecular formula is C19H18N2O7. The molecule has 0 bridgehead atoms. The van der Waals surface area contributed by atoms with E-state index in [1.165, 1.54) is 38.5 Å². The molecule has 2 aromatic rings. The summed E-state index contributed by atoms with van der Waals surface area (Å²) in [5, 5.41) is 13.3. The normalized spacial score (nSPS) is 10.4. The van der Waals surface area contributed by atoms with Crippen molar-refractivity contribution in [2.45, 2.75) is 0 Å². The van der Waals surface area contributed by atoms with Crippen LogP contribution in [0.25, 0.3) is 6.08 Å². The van der Waals surface area contributed by atoms with E-state index in [0.717, 1.165) is 6.08 Å². The van der Waals surface area contributed by atoms with E-state index in [1.807, 2.05) is 0 Å². The number of nitrogens with zero attached hydrogens (tertiary/aromatic N) is 1. The van der Waals surface area contributed by atoms with Crippen molar-refractivity contribution in [3.05, 3.63) is 64.2 Å². The Kier molecular flexibility index (Phi) is 7.09. The highest BCUT2D eigenvalue weighted by Gasteiger charge is 2.09. The summed E-state index contributed by atoms with van der Waals surface area (Å²) in [4.78, 5) is 33.8. The first-order valence-electron chi connectivity index (χ1n) is 8.04. The second-order valence-electron chi connectivity index (χ2n) is 5.41. The van der Waals surface area contributed by atoms with E-state index in [1.54, 1.807) is 24.3 Å². The third kappa shape index (κ3) is 5.84. The van der Waals surface area contributed by atoms with Crippen molar-refractivity contribution in [1.29, 1.82) is 0 Å².